The molecule has 88 valence electrons. The molecule has 0 aliphatic rings. The van der Waals surface area contributed by atoms with Crippen LogP contribution in [0.3, 0.4) is 0 Å². The number of anilines is 1. The van der Waals surface area contributed by atoms with Gasteiger partial charge in [-0.3, -0.25) is 9.78 Å². The molecule has 0 radical (unpaired) electrons. The zero-order chi connectivity index (χ0) is 12.1. The van der Waals surface area contributed by atoms with E-state index in [0.29, 0.717) is 18.0 Å². The monoisotopic (exact) mass is 248 g/mol. The quantitative estimate of drug-likeness (QED) is 0.841. The number of nitrogens with zero attached hydrogens (tertiary/aromatic N) is 1. The lowest BCUT2D eigenvalue weighted by Crippen LogP contribution is -2.08. The van der Waals surface area contributed by atoms with E-state index in [1.165, 1.54) is 6.20 Å². The van der Waals surface area contributed by atoms with Gasteiger partial charge in [-0.2, -0.15) is 0 Å². The summed E-state index contributed by atoms with van der Waals surface area (Å²) in [4.78, 5) is 16.6. The second-order valence-corrected chi connectivity index (χ2v) is 4.53. The predicted molar refractivity (Wildman–Crippen MR) is 66.5 cm³/mol. The fourth-order valence-electron chi connectivity index (χ4n) is 1.29. The number of rotatable bonds is 4. The van der Waals surface area contributed by atoms with Gasteiger partial charge in [0.1, 0.15) is 6.61 Å². The van der Waals surface area contributed by atoms with Crippen molar-refractivity contribution in [3.05, 3.63) is 46.4 Å². The molecule has 0 aliphatic heterocycles. The highest BCUT2D eigenvalue weighted by Crippen LogP contribution is 2.10. The Bertz CT molecular complexity index is 480. The van der Waals surface area contributed by atoms with Gasteiger partial charge >= 0.3 is 5.97 Å². The zero-order valence-corrected chi connectivity index (χ0v) is 9.94. The Hall–Kier alpha value is -1.88. The molecule has 0 atom stereocenters. The van der Waals surface area contributed by atoms with Crippen LogP contribution in [0, 0.1) is 0 Å². The fourth-order valence-corrected chi connectivity index (χ4v) is 1.90. The van der Waals surface area contributed by atoms with Gasteiger partial charge in [0.15, 0.2) is 0 Å². The maximum atomic E-state index is 11.5. The summed E-state index contributed by atoms with van der Waals surface area (Å²) in [7, 11) is 0. The van der Waals surface area contributed by atoms with Crippen LogP contribution in [-0.2, 0) is 22.6 Å². The second kappa shape index (κ2) is 5.45. The van der Waals surface area contributed by atoms with Crippen LogP contribution in [-0.4, -0.2) is 11.0 Å². The number of nitrogen functional groups attached to an aromatic ring is 1. The highest BCUT2D eigenvalue weighted by atomic mass is 32.1. The number of nitrogens with two attached hydrogens (primary N) is 1. The lowest BCUT2D eigenvalue weighted by molar-refractivity contribution is -0.144. The van der Waals surface area contributed by atoms with Crippen LogP contribution in [0.2, 0.25) is 0 Å². The standard InChI is InChI=1S/C12H12N2O2S/c13-9-3-4-10(14-7-9)6-12(15)16-8-11-2-1-5-17-11/h1-5,7H,6,8,13H2. The Morgan fingerprint density at radius 1 is 1.41 bits per heavy atom. The van der Waals surface area contributed by atoms with E-state index in [0.717, 1.165) is 4.88 Å². The van der Waals surface area contributed by atoms with E-state index in [2.05, 4.69) is 4.98 Å². The molecule has 0 unspecified atom stereocenters. The average Bonchev–Trinajstić information content (AvgIpc) is 2.83. The molecule has 0 aromatic carbocycles. The third-order valence-electron chi connectivity index (χ3n) is 2.13. The lowest BCUT2D eigenvalue weighted by atomic mass is 10.2. The first kappa shape index (κ1) is 11.6. The minimum absolute atomic E-state index is 0.172. The van der Waals surface area contributed by atoms with E-state index in [9.17, 15) is 4.79 Å². The van der Waals surface area contributed by atoms with Gasteiger partial charge in [-0.1, -0.05) is 6.07 Å². The molecule has 0 fully saturated rings. The first-order valence-electron chi connectivity index (χ1n) is 5.12. The highest BCUT2D eigenvalue weighted by Gasteiger charge is 2.06. The SMILES string of the molecule is Nc1ccc(CC(=O)OCc2cccs2)nc1. The first-order chi connectivity index (χ1) is 8.24. The Morgan fingerprint density at radius 2 is 2.29 bits per heavy atom. The van der Waals surface area contributed by atoms with Crippen LogP contribution in [0.15, 0.2) is 35.8 Å². The van der Waals surface area contributed by atoms with Crippen molar-refractivity contribution < 1.29 is 9.53 Å². The molecule has 0 aliphatic carbocycles. The molecule has 2 aromatic heterocycles. The molecule has 17 heavy (non-hydrogen) atoms. The summed E-state index contributed by atoms with van der Waals surface area (Å²) in [6, 6.07) is 7.30. The van der Waals surface area contributed by atoms with Gasteiger partial charge in [-0.25, -0.2) is 0 Å². The minimum atomic E-state index is -0.282. The van der Waals surface area contributed by atoms with Crippen molar-refractivity contribution in [2.24, 2.45) is 0 Å². The predicted octanol–water partition coefficient (Wildman–Crippen LogP) is 2.01. The molecule has 2 heterocycles. The fraction of sp³-hybridized carbons (Fsp3) is 0.167. The van der Waals surface area contributed by atoms with Crippen molar-refractivity contribution in [1.29, 1.82) is 0 Å². The third kappa shape index (κ3) is 3.57. The summed E-state index contributed by atoms with van der Waals surface area (Å²) < 4.78 is 5.12. The number of aromatic nitrogens is 1. The lowest BCUT2D eigenvalue weighted by Gasteiger charge is -2.03. The Kier molecular flexibility index (Phi) is 3.72. The molecular formula is C12H12N2O2S. The smallest absolute Gasteiger partial charge is 0.312 e. The van der Waals surface area contributed by atoms with Crippen molar-refractivity contribution >= 4 is 23.0 Å². The van der Waals surface area contributed by atoms with E-state index < -0.39 is 0 Å². The molecule has 5 heteroatoms. The van der Waals surface area contributed by atoms with Crippen molar-refractivity contribution in [3.63, 3.8) is 0 Å². The van der Waals surface area contributed by atoms with Gasteiger partial charge in [0.2, 0.25) is 0 Å². The second-order valence-electron chi connectivity index (χ2n) is 3.50. The number of esters is 1. The van der Waals surface area contributed by atoms with Crippen LogP contribution in [0.5, 0.6) is 0 Å². The van der Waals surface area contributed by atoms with Crippen LogP contribution in [0.4, 0.5) is 5.69 Å². The largest absolute Gasteiger partial charge is 0.460 e. The van der Waals surface area contributed by atoms with Crippen molar-refractivity contribution in [2.45, 2.75) is 13.0 Å². The van der Waals surface area contributed by atoms with Gasteiger partial charge in [-0.15, -0.1) is 11.3 Å². The van der Waals surface area contributed by atoms with Crippen molar-refractivity contribution in [3.8, 4) is 0 Å². The van der Waals surface area contributed by atoms with E-state index >= 15 is 0 Å². The van der Waals surface area contributed by atoms with Gasteiger partial charge in [0.25, 0.3) is 0 Å². The molecule has 0 spiro atoms. The molecule has 2 aromatic rings. The van der Waals surface area contributed by atoms with Crippen LogP contribution >= 0.6 is 11.3 Å². The van der Waals surface area contributed by atoms with Crippen molar-refractivity contribution in [1.82, 2.24) is 4.98 Å². The van der Waals surface area contributed by atoms with E-state index in [1.54, 1.807) is 23.5 Å². The number of hydrogen-bond donors (Lipinski definition) is 1. The Labute approximate surface area is 103 Å². The first-order valence-corrected chi connectivity index (χ1v) is 6.00. The molecular weight excluding hydrogens is 236 g/mol. The Morgan fingerprint density at radius 3 is 2.94 bits per heavy atom. The third-order valence-corrected chi connectivity index (χ3v) is 2.98. The minimum Gasteiger partial charge on any atom is -0.460 e. The summed E-state index contributed by atoms with van der Waals surface area (Å²) in [6.45, 7) is 0.325. The summed E-state index contributed by atoms with van der Waals surface area (Å²) in [5.41, 5.74) is 6.75. The number of ether oxygens (including phenoxy) is 1. The highest BCUT2D eigenvalue weighted by molar-refractivity contribution is 7.09. The molecule has 0 amide bonds. The zero-order valence-electron chi connectivity index (χ0n) is 9.13. The molecule has 0 saturated carbocycles. The van der Waals surface area contributed by atoms with Gasteiger partial charge < -0.3 is 10.5 Å². The molecule has 4 nitrogen and oxygen atoms in total. The molecule has 0 bridgehead atoms. The number of carbonyl (C=O) groups excluding carboxylic acids is 1. The van der Waals surface area contributed by atoms with Crippen molar-refractivity contribution in [2.75, 3.05) is 5.73 Å². The number of thiophene rings is 1. The molecule has 0 saturated heterocycles. The van der Waals surface area contributed by atoms with E-state index in [1.807, 2.05) is 17.5 Å². The summed E-state index contributed by atoms with van der Waals surface area (Å²) >= 11 is 1.56. The van der Waals surface area contributed by atoms with Crippen LogP contribution in [0.1, 0.15) is 10.6 Å². The number of hydrogen-bond acceptors (Lipinski definition) is 5. The Balaban J connectivity index is 1.83. The summed E-state index contributed by atoms with van der Waals surface area (Å²) in [6.07, 6.45) is 1.70. The molecule has 2 rings (SSSR count). The number of carbonyl (C=O) groups is 1. The van der Waals surface area contributed by atoms with Gasteiger partial charge in [0.05, 0.1) is 24.0 Å². The van der Waals surface area contributed by atoms with E-state index in [4.69, 9.17) is 10.5 Å². The van der Waals surface area contributed by atoms with E-state index in [-0.39, 0.29) is 12.4 Å². The van der Waals surface area contributed by atoms with Gasteiger partial charge in [-0.05, 0) is 23.6 Å². The van der Waals surface area contributed by atoms with Crippen LogP contribution < -0.4 is 5.73 Å². The normalized spacial score (nSPS) is 10.1. The molecule has 2 N–H and O–H groups in total. The van der Waals surface area contributed by atoms with Crippen LogP contribution in [0.25, 0.3) is 0 Å². The maximum Gasteiger partial charge on any atom is 0.312 e. The van der Waals surface area contributed by atoms with Gasteiger partial charge in [0, 0.05) is 4.88 Å². The number of pyridine rings is 1. The average molecular weight is 248 g/mol. The topological polar surface area (TPSA) is 65.2 Å². The summed E-state index contributed by atoms with van der Waals surface area (Å²) in [5, 5.41) is 1.95. The maximum absolute atomic E-state index is 11.5. The summed E-state index contributed by atoms with van der Waals surface area (Å²) in [5.74, 6) is -0.282.